The molecule has 2 fully saturated rings. The molecule has 0 spiro atoms. The second-order valence-electron chi connectivity index (χ2n) is 7.95. The van der Waals surface area contributed by atoms with Gasteiger partial charge in [0.15, 0.2) is 0 Å². The molecule has 1 aromatic carbocycles. The van der Waals surface area contributed by atoms with E-state index in [1.54, 1.807) is 10.9 Å². The minimum Gasteiger partial charge on any atom is -0.480 e. The van der Waals surface area contributed by atoms with Gasteiger partial charge in [-0.15, -0.1) is 0 Å². The van der Waals surface area contributed by atoms with Crippen LogP contribution >= 0.6 is 0 Å². The van der Waals surface area contributed by atoms with Gasteiger partial charge < -0.3 is 10.4 Å². The number of rotatable bonds is 9. The van der Waals surface area contributed by atoms with Gasteiger partial charge in [0.1, 0.15) is 0 Å². The van der Waals surface area contributed by atoms with Gasteiger partial charge in [-0.05, 0) is 55.4 Å². The summed E-state index contributed by atoms with van der Waals surface area (Å²) in [5.41, 5.74) is 1.93. The molecule has 2 aliphatic rings. The second-order valence-corrected chi connectivity index (χ2v) is 7.95. The van der Waals surface area contributed by atoms with Crippen molar-refractivity contribution in [2.75, 3.05) is 13.1 Å². The number of carboxylic acids is 1. The Hall–Kier alpha value is -2.67. The first-order chi connectivity index (χ1) is 13.6. The minimum atomic E-state index is -0.772. The molecular formula is C21H26N4O3. The first-order valence-corrected chi connectivity index (χ1v) is 9.91. The Bertz CT molecular complexity index is 809. The highest BCUT2D eigenvalue weighted by molar-refractivity contribution is 5.79. The van der Waals surface area contributed by atoms with E-state index < -0.39 is 5.97 Å². The summed E-state index contributed by atoms with van der Waals surface area (Å²) < 4.78 is 1.78. The third-order valence-electron chi connectivity index (χ3n) is 5.59. The average Bonchev–Trinajstić information content (AvgIpc) is 3.27. The van der Waals surface area contributed by atoms with E-state index in [1.807, 2.05) is 36.5 Å². The van der Waals surface area contributed by atoms with Crippen molar-refractivity contribution in [3.05, 3.63) is 48.3 Å². The second kappa shape index (κ2) is 8.14. The number of aromatic nitrogens is 2. The van der Waals surface area contributed by atoms with Crippen LogP contribution < -0.4 is 5.32 Å². The zero-order valence-corrected chi connectivity index (χ0v) is 15.8. The minimum absolute atomic E-state index is 0.0160. The Kier molecular flexibility index (Phi) is 5.43. The zero-order chi connectivity index (χ0) is 19.5. The maximum atomic E-state index is 12.3. The molecule has 1 heterocycles. The summed E-state index contributed by atoms with van der Waals surface area (Å²) in [7, 11) is 0. The van der Waals surface area contributed by atoms with Crippen LogP contribution in [0.1, 0.15) is 31.2 Å². The van der Waals surface area contributed by atoms with Crippen LogP contribution in [0, 0.1) is 5.92 Å². The van der Waals surface area contributed by atoms with E-state index >= 15 is 0 Å². The first kappa shape index (κ1) is 18.7. The topological polar surface area (TPSA) is 87.5 Å². The van der Waals surface area contributed by atoms with Gasteiger partial charge in [-0.2, -0.15) is 5.10 Å². The van der Waals surface area contributed by atoms with Crippen molar-refractivity contribution in [3.63, 3.8) is 0 Å². The highest BCUT2D eigenvalue weighted by Crippen LogP contribution is 2.33. The molecule has 2 N–H and O–H groups in total. The SMILES string of the molecule is O=C(O)CN(CC1CC1)C1CC(NC(=O)Cc2ccc(-n3cccn3)cc2)C1. The van der Waals surface area contributed by atoms with Gasteiger partial charge in [-0.3, -0.25) is 14.5 Å². The predicted molar refractivity (Wildman–Crippen MR) is 104 cm³/mol. The molecular weight excluding hydrogens is 356 g/mol. The third kappa shape index (κ3) is 4.78. The van der Waals surface area contributed by atoms with E-state index in [2.05, 4.69) is 15.3 Å². The number of aliphatic carboxylic acids is 1. The predicted octanol–water partition coefficient (Wildman–Crippen LogP) is 1.86. The van der Waals surface area contributed by atoms with Crippen molar-refractivity contribution >= 4 is 11.9 Å². The quantitative estimate of drug-likeness (QED) is 0.691. The lowest BCUT2D eigenvalue weighted by Crippen LogP contribution is -2.55. The van der Waals surface area contributed by atoms with Crippen LogP contribution in [-0.4, -0.2) is 56.8 Å². The highest BCUT2D eigenvalue weighted by atomic mass is 16.4. The van der Waals surface area contributed by atoms with Crippen LogP contribution in [0.5, 0.6) is 0 Å². The Balaban J connectivity index is 1.23. The van der Waals surface area contributed by atoms with Gasteiger partial charge in [0.25, 0.3) is 0 Å². The summed E-state index contributed by atoms with van der Waals surface area (Å²) in [5, 5.41) is 16.4. The maximum Gasteiger partial charge on any atom is 0.317 e. The summed E-state index contributed by atoms with van der Waals surface area (Å²) in [6, 6.07) is 10.1. The molecule has 2 saturated carbocycles. The van der Waals surface area contributed by atoms with Gasteiger partial charge in [0.2, 0.25) is 5.91 Å². The number of amides is 1. The van der Waals surface area contributed by atoms with Crippen LogP contribution in [0.3, 0.4) is 0 Å². The molecule has 28 heavy (non-hydrogen) atoms. The fourth-order valence-electron chi connectivity index (χ4n) is 3.80. The summed E-state index contributed by atoms with van der Waals surface area (Å²) in [5.74, 6) is -0.0911. The molecule has 4 rings (SSSR count). The van der Waals surface area contributed by atoms with Crippen molar-refractivity contribution in [3.8, 4) is 5.69 Å². The van der Waals surface area contributed by atoms with E-state index in [1.165, 1.54) is 12.8 Å². The third-order valence-corrected chi connectivity index (χ3v) is 5.59. The summed E-state index contributed by atoms with van der Waals surface area (Å²) >= 11 is 0. The molecule has 0 aliphatic heterocycles. The van der Waals surface area contributed by atoms with Crippen LogP contribution in [0.25, 0.3) is 5.69 Å². The largest absolute Gasteiger partial charge is 0.480 e. The summed E-state index contributed by atoms with van der Waals surface area (Å²) in [6.07, 6.45) is 8.06. The van der Waals surface area contributed by atoms with Crippen molar-refractivity contribution < 1.29 is 14.7 Å². The normalized spacial score (nSPS) is 21.3. The number of carbonyl (C=O) groups excluding carboxylic acids is 1. The van der Waals surface area contributed by atoms with Gasteiger partial charge in [-0.1, -0.05) is 12.1 Å². The molecule has 1 aromatic heterocycles. The number of carboxylic acid groups (broad SMARTS) is 1. The Morgan fingerprint density at radius 3 is 2.57 bits per heavy atom. The van der Waals surface area contributed by atoms with Gasteiger partial charge in [0, 0.05) is 31.0 Å². The van der Waals surface area contributed by atoms with E-state index in [9.17, 15) is 9.59 Å². The Labute approximate surface area is 164 Å². The molecule has 0 radical (unpaired) electrons. The van der Waals surface area contributed by atoms with E-state index in [-0.39, 0.29) is 24.5 Å². The standard InChI is InChI=1S/C21H26N4O3/c26-20(10-15-4-6-18(7-5-15)25-9-1-8-22-25)23-17-11-19(12-17)24(14-21(27)28)13-16-2-3-16/h1,4-9,16-17,19H,2-3,10-14H2,(H,23,26)(H,27,28). The molecule has 0 unspecified atom stereocenters. The lowest BCUT2D eigenvalue weighted by molar-refractivity contribution is -0.140. The highest BCUT2D eigenvalue weighted by Gasteiger charge is 2.37. The van der Waals surface area contributed by atoms with Gasteiger partial charge >= 0.3 is 5.97 Å². The first-order valence-electron chi connectivity index (χ1n) is 9.91. The number of hydrogen-bond donors (Lipinski definition) is 2. The number of nitrogens with zero attached hydrogens (tertiary/aromatic N) is 3. The van der Waals surface area contributed by atoms with E-state index in [4.69, 9.17) is 5.11 Å². The van der Waals surface area contributed by atoms with Crippen LogP contribution in [-0.2, 0) is 16.0 Å². The molecule has 1 amide bonds. The Morgan fingerprint density at radius 1 is 1.21 bits per heavy atom. The molecule has 0 bridgehead atoms. The fourth-order valence-corrected chi connectivity index (χ4v) is 3.80. The van der Waals surface area contributed by atoms with Gasteiger partial charge in [0.05, 0.1) is 18.7 Å². The molecule has 0 saturated heterocycles. The summed E-state index contributed by atoms with van der Waals surface area (Å²) in [6.45, 7) is 0.977. The molecule has 0 atom stereocenters. The Morgan fingerprint density at radius 2 is 1.96 bits per heavy atom. The average molecular weight is 382 g/mol. The van der Waals surface area contributed by atoms with Crippen molar-refractivity contribution in [1.29, 1.82) is 0 Å². The number of hydrogen-bond acceptors (Lipinski definition) is 4. The van der Waals surface area contributed by atoms with E-state index in [0.717, 1.165) is 30.6 Å². The van der Waals surface area contributed by atoms with Crippen LogP contribution in [0.4, 0.5) is 0 Å². The van der Waals surface area contributed by atoms with Gasteiger partial charge in [-0.25, -0.2) is 4.68 Å². The molecule has 7 nitrogen and oxygen atoms in total. The lowest BCUT2D eigenvalue weighted by Gasteiger charge is -2.42. The molecule has 2 aromatic rings. The van der Waals surface area contributed by atoms with Crippen LogP contribution in [0.2, 0.25) is 0 Å². The monoisotopic (exact) mass is 382 g/mol. The van der Waals surface area contributed by atoms with Crippen molar-refractivity contribution in [2.45, 2.75) is 44.2 Å². The van der Waals surface area contributed by atoms with E-state index in [0.29, 0.717) is 12.3 Å². The zero-order valence-electron chi connectivity index (χ0n) is 15.8. The smallest absolute Gasteiger partial charge is 0.317 e. The number of carbonyl (C=O) groups is 2. The fraction of sp³-hybridized carbons (Fsp3) is 0.476. The van der Waals surface area contributed by atoms with Crippen molar-refractivity contribution in [2.24, 2.45) is 5.92 Å². The molecule has 7 heteroatoms. The molecule has 2 aliphatic carbocycles. The van der Waals surface area contributed by atoms with Crippen molar-refractivity contribution in [1.82, 2.24) is 20.0 Å². The molecule has 148 valence electrons. The maximum absolute atomic E-state index is 12.3. The lowest BCUT2D eigenvalue weighted by atomic mass is 9.85. The summed E-state index contributed by atoms with van der Waals surface area (Å²) in [4.78, 5) is 25.5. The number of benzene rings is 1. The van der Waals surface area contributed by atoms with Crippen LogP contribution in [0.15, 0.2) is 42.7 Å². The number of nitrogens with one attached hydrogen (secondary N) is 1.